The van der Waals surface area contributed by atoms with E-state index < -0.39 is 11.9 Å². The number of hydrogen-bond donors (Lipinski definition) is 1. The number of aryl methyl sites for hydroxylation is 1. The van der Waals surface area contributed by atoms with Crippen LogP contribution in [0.2, 0.25) is 0 Å². The molecule has 0 saturated heterocycles. The highest BCUT2D eigenvalue weighted by Crippen LogP contribution is 2.39. The largest absolute Gasteiger partial charge is 0.321 e. The Kier molecular flexibility index (Phi) is 3.82. The molecule has 0 bridgehead atoms. The molecule has 2 N–H and O–H groups in total. The lowest BCUT2D eigenvalue weighted by atomic mass is 10.1. The second-order valence-corrected chi connectivity index (χ2v) is 6.75. The summed E-state index contributed by atoms with van der Waals surface area (Å²) in [6.45, 7) is 1.84. The first-order valence-corrected chi connectivity index (χ1v) is 8.48. The molecule has 0 spiro atoms. The molecule has 26 heavy (non-hydrogen) atoms. The maximum absolute atomic E-state index is 14.0. The van der Waals surface area contributed by atoms with Crippen molar-refractivity contribution in [2.24, 2.45) is 11.7 Å². The fourth-order valence-electron chi connectivity index (χ4n) is 3.32. The molecule has 130 valence electrons. The lowest BCUT2D eigenvalue weighted by Crippen LogP contribution is -2.30. The molecule has 1 aliphatic carbocycles. The monoisotopic (exact) mass is 348 g/mol. The third-order valence-electron chi connectivity index (χ3n) is 4.83. The number of halogens is 1. The first kappa shape index (κ1) is 16.4. The molecule has 1 heterocycles. The minimum absolute atomic E-state index is 0.141. The second kappa shape index (κ2) is 6.04. The van der Waals surface area contributed by atoms with E-state index in [0.29, 0.717) is 16.7 Å². The molecule has 0 aliphatic heterocycles. The number of rotatable bonds is 3. The van der Waals surface area contributed by atoms with Gasteiger partial charge in [-0.2, -0.15) is 5.26 Å². The van der Waals surface area contributed by atoms with Gasteiger partial charge in [-0.05, 0) is 55.5 Å². The minimum atomic E-state index is -0.582. The number of nitrogens with zero attached hydrogens (tertiary/aromatic N) is 3. The molecule has 0 radical (unpaired) electrons. The number of hydrogen-bond acceptors (Lipinski definition) is 4. The van der Waals surface area contributed by atoms with Gasteiger partial charge in [-0.1, -0.05) is 12.1 Å². The highest BCUT2D eigenvalue weighted by Gasteiger charge is 2.33. The molecule has 1 atom stereocenters. The Hall–Kier alpha value is -3.04. The van der Waals surface area contributed by atoms with Crippen LogP contribution in [0.1, 0.15) is 35.8 Å². The molecule has 1 saturated carbocycles. The maximum Gasteiger partial charge on any atom is 0.266 e. The molecular weight excluding hydrogens is 331 g/mol. The highest BCUT2D eigenvalue weighted by molar-refractivity contribution is 5.81. The van der Waals surface area contributed by atoms with E-state index in [1.165, 1.54) is 16.7 Å². The van der Waals surface area contributed by atoms with E-state index in [2.05, 4.69) is 4.98 Å². The van der Waals surface area contributed by atoms with Crippen molar-refractivity contribution in [2.75, 3.05) is 0 Å². The first-order valence-electron chi connectivity index (χ1n) is 8.48. The fraction of sp³-hybridized carbons (Fsp3) is 0.250. The molecule has 2 aromatic carbocycles. The highest BCUT2D eigenvalue weighted by atomic mass is 19.1. The van der Waals surface area contributed by atoms with Crippen LogP contribution in [0.5, 0.6) is 0 Å². The lowest BCUT2D eigenvalue weighted by molar-refractivity contribution is 0.572. The fourth-order valence-corrected chi connectivity index (χ4v) is 3.32. The number of benzene rings is 2. The van der Waals surface area contributed by atoms with Crippen molar-refractivity contribution in [3.05, 3.63) is 69.5 Å². The topological polar surface area (TPSA) is 84.7 Å². The Morgan fingerprint density at radius 3 is 2.81 bits per heavy atom. The SMILES string of the molecule is Cc1cccc2nc(C(N)C3CC3)n(-c3cc(F)cc(C#N)c3)c(=O)c12. The Morgan fingerprint density at radius 1 is 1.35 bits per heavy atom. The molecule has 4 rings (SSSR count). The molecule has 6 heteroatoms. The van der Waals surface area contributed by atoms with Gasteiger partial charge in [0.05, 0.1) is 34.3 Å². The summed E-state index contributed by atoms with van der Waals surface area (Å²) in [4.78, 5) is 17.9. The Morgan fingerprint density at radius 2 is 2.12 bits per heavy atom. The zero-order chi connectivity index (χ0) is 18.4. The molecular formula is C20H17FN4O. The summed E-state index contributed by atoms with van der Waals surface area (Å²) >= 11 is 0. The van der Waals surface area contributed by atoms with Crippen molar-refractivity contribution in [3.8, 4) is 11.8 Å². The summed E-state index contributed by atoms with van der Waals surface area (Å²) < 4.78 is 15.4. The predicted octanol–water partition coefficient (Wildman–Crippen LogP) is 3.11. The van der Waals surface area contributed by atoms with Crippen LogP contribution >= 0.6 is 0 Å². The minimum Gasteiger partial charge on any atom is -0.321 e. The van der Waals surface area contributed by atoms with Gasteiger partial charge in [-0.25, -0.2) is 9.37 Å². The van der Waals surface area contributed by atoms with Gasteiger partial charge < -0.3 is 5.73 Å². The summed E-state index contributed by atoms with van der Waals surface area (Å²) in [5.74, 6) is 0.0891. The summed E-state index contributed by atoms with van der Waals surface area (Å²) in [5, 5.41) is 9.63. The maximum atomic E-state index is 14.0. The van der Waals surface area contributed by atoms with E-state index in [4.69, 9.17) is 11.0 Å². The summed E-state index contributed by atoms with van der Waals surface area (Å²) in [6.07, 6.45) is 1.96. The first-order chi connectivity index (χ1) is 12.5. The normalized spacial score (nSPS) is 15.0. The molecule has 5 nitrogen and oxygen atoms in total. The molecule has 1 aromatic heterocycles. The van der Waals surface area contributed by atoms with Crippen molar-refractivity contribution in [1.29, 1.82) is 5.26 Å². The van der Waals surface area contributed by atoms with E-state index in [-0.39, 0.29) is 22.7 Å². The molecule has 3 aromatic rings. The van der Waals surface area contributed by atoms with Gasteiger partial charge in [0.1, 0.15) is 11.6 Å². The lowest BCUT2D eigenvalue weighted by Gasteiger charge is -2.19. The second-order valence-electron chi connectivity index (χ2n) is 6.75. The number of nitrogens with two attached hydrogens (primary N) is 1. The van der Waals surface area contributed by atoms with Crippen LogP contribution in [0.3, 0.4) is 0 Å². The Labute approximate surface area is 149 Å². The number of nitriles is 1. The summed E-state index contributed by atoms with van der Waals surface area (Å²) in [7, 11) is 0. The average Bonchev–Trinajstić information content (AvgIpc) is 3.45. The summed E-state index contributed by atoms with van der Waals surface area (Å²) in [5.41, 5.74) is 7.85. The van der Waals surface area contributed by atoms with Crippen LogP contribution in [-0.4, -0.2) is 9.55 Å². The van der Waals surface area contributed by atoms with Crippen molar-refractivity contribution in [1.82, 2.24) is 9.55 Å². The van der Waals surface area contributed by atoms with Crippen LogP contribution in [0.15, 0.2) is 41.2 Å². The van der Waals surface area contributed by atoms with Crippen molar-refractivity contribution in [3.63, 3.8) is 0 Å². The standard InChI is InChI=1S/C20H17FN4O/c1-11-3-2-4-16-17(11)20(26)25(19(24-16)18(23)13-5-6-13)15-8-12(10-22)7-14(21)9-15/h2-4,7-9,13,18H,5-6,23H2,1H3. The molecule has 1 aliphatic rings. The van der Waals surface area contributed by atoms with Crippen LogP contribution < -0.4 is 11.3 Å². The van der Waals surface area contributed by atoms with Gasteiger partial charge in [0.25, 0.3) is 5.56 Å². The van der Waals surface area contributed by atoms with Crippen LogP contribution in [0.4, 0.5) is 4.39 Å². The zero-order valence-corrected chi connectivity index (χ0v) is 14.2. The van der Waals surface area contributed by atoms with Gasteiger partial charge in [-0.3, -0.25) is 9.36 Å². The van der Waals surface area contributed by atoms with Gasteiger partial charge in [0.15, 0.2) is 0 Å². The molecule has 1 unspecified atom stereocenters. The van der Waals surface area contributed by atoms with Crippen molar-refractivity contribution >= 4 is 10.9 Å². The van der Waals surface area contributed by atoms with E-state index in [1.807, 2.05) is 25.1 Å². The van der Waals surface area contributed by atoms with E-state index in [0.717, 1.165) is 24.5 Å². The predicted molar refractivity (Wildman–Crippen MR) is 96.4 cm³/mol. The smallest absolute Gasteiger partial charge is 0.266 e. The zero-order valence-electron chi connectivity index (χ0n) is 14.2. The third kappa shape index (κ3) is 2.67. The molecule has 1 fully saturated rings. The summed E-state index contributed by atoms with van der Waals surface area (Å²) in [6, 6.07) is 10.8. The van der Waals surface area contributed by atoms with Gasteiger partial charge in [-0.15, -0.1) is 0 Å². The van der Waals surface area contributed by atoms with E-state index >= 15 is 0 Å². The average molecular weight is 348 g/mol. The van der Waals surface area contributed by atoms with Gasteiger partial charge in [0, 0.05) is 0 Å². The Balaban J connectivity index is 2.09. The Bertz CT molecular complexity index is 1130. The third-order valence-corrected chi connectivity index (χ3v) is 4.83. The van der Waals surface area contributed by atoms with Crippen LogP contribution in [0, 0.1) is 30.0 Å². The van der Waals surface area contributed by atoms with Crippen LogP contribution in [0.25, 0.3) is 16.6 Å². The number of aromatic nitrogens is 2. The van der Waals surface area contributed by atoms with E-state index in [9.17, 15) is 9.18 Å². The van der Waals surface area contributed by atoms with Crippen LogP contribution in [-0.2, 0) is 0 Å². The molecule has 0 amide bonds. The number of fused-ring (bicyclic) bond motifs is 1. The van der Waals surface area contributed by atoms with Gasteiger partial charge >= 0.3 is 0 Å². The quantitative estimate of drug-likeness (QED) is 0.788. The van der Waals surface area contributed by atoms with Crippen molar-refractivity contribution < 1.29 is 4.39 Å². The van der Waals surface area contributed by atoms with E-state index in [1.54, 1.807) is 6.07 Å². The van der Waals surface area contributed by atoms with Gasteiger partial charge in [0.2, 0.25) is 0 Å². The van der Waals surface area contributed by atoms with Crippen molar-refractivity contribution in [2.45, 2.75) is 25.8 Å².